The van der Waals surface area contributed by atoms with E-state index in [0.29, 0.717) is 18.6 Å². The first-order valence-electron chi connectivity index (χ1n) is 7.68. The first-order valence-corrected chi connectivity index (χ1v) is 7.68. The number of methoxy groups -OCH3 is 1. The molecule has 2 aliphatic rings. The van der Waals surface area contributed by atoms with Gasteiger partial charge < -0.3 is 15.4 Å². The molecule has 1 amide bonds. The summed E-state index contributed by atoms with van der Waals surface area (Å²) in [4.78, 5) is 12.6. The number of carbonyl (C=O) groups is 1. The van der Waals surface area contributed by atoms with Crippen molar-refractivity contribution in [2.24, 2.45) is 11.3 Å². The molecular weight excluding hydrogens is 276 g/mol. The van der Waals surface area contributed by atoms with Crippen molar-refractivity contribution in [2.45, 2.75) is 51.5 Å². The molecule has 1 saturated heterocycles. The Morgan fingerprint density at radius 2 is 2.15 bits per heavy atom. The molecular formula is C15H29ClN2O2. The highest BCUT2D eigenvalue weighted by atomic mass is 35.5. The van der Waals surface area contributed by atoms with Crippen LogP contribution in [0, 0.1) is 11.3 Å². The molecule has 2 atom stereocenters. The molecule has 118 valence electrons. The lowest BCUT2D eigenvalue weighted by Crippen LogP contribution is -2.48. The van der Waals surface area contributed by atoms with E-state index in [1.54, 1.807) is 7.11 Å². The van der Waals surface area contributed by atoms with E-state index in [4.69, 9.17) is 4.74 Å². The van der Waals surface area contributed by atoms with Gasteiger partial charge in [0, 0.05) is 26.3 Å². The van der Waals surface area contributed by atoms with Gasteiger partial charge in [-0.1, -0.05) is 12.8 Å². The number of nitrogens with one attached hydrogen (secondary N) is 2. The minimum atomic E-state index is -0.247. The third-order valence-electron chi connectivity index (χ3n) is 4.98. The van der Waals surface area contributed by atoms with Crippen molar-refractivity contribution in [1.29, 1.82) is 0 Å². The summed E-state index contributed by atoms with van der Waals surface area (Å²) < 4.78 is 5.18. The van der Waals surface area contributed by atoms with Gasteiger partial charge in [-0.05, 0) is 45.1 Å². The summed E-state index contributed by atoms with van der Waals surface area (Å²) in [5.74, 6) is 0.909. The van der Waals surface area contributed by atoms with Gasteiger partial charge in [0.15, 0.2) is 0 Å². The second-order valence-electron chi connectivity index (χ2n) is 6.26. The first-order chi connectivity index (χ1) is 9.18. The minimum Gasteiger partial charge on any atom is -0.385 e. The van der Waals surface area contributed by atoms with Crippen LogP contribution in [0.15, 0.2) is 0 Å². The summed E-state index contributed by atoms with van der Waals surface area (Å²) in [6.07, 6.45) is 6.93. The fourth-order valence-electron chi connectivity index (χ4n) is 3.50. The lowest BCUT2D eigenvalue weighted by molar-refractivity contribution is -0.132. The van der Waals surface area contributed by atoms with Crippen molar-refractivity contribution in [2.75, 3.05) is 26.8 Å². The summed E-state index contributed by atoms with van der Waals surface area (Å²) in [5, 5.41) is 6.61. The largest absolute Gasteiger partial charge is 0.385 e. The summed E-state index contributed by atoms with van der Waals surface area (Å²) in [6.45, 7) is 4.56. The third-order valence-corrected chi connectivity index (χ3v) is 4.98. The van der Waals surface area contributed by atoms with E-state index in [9.17, 15) is 4.79 Å². The van der Waals surface area contributed by atoms with Gasteiger partial charge in [-0.2, -0.15) is 0 Å². The highest BCUT2D eigenvalue weighted by molar-refractivity contribution is 5.85. The van der Waals surface area contributed by atoms with Crippen LogP contribution in [0.2, 0.25) is 0 Å². The van der Waals surface area contributed by atoms with Crippen molar-refractivity contribution >= 4 is 18.3 Å². The van der Waals surface area contributed by atoms with Crippen LogP contribution in [0.25, 0.3) is 0 Å². The van der Waals surface area contributed by atoms with Gasteiger partial charge in [-0.15, -0.1) is 12.4 Å². The number of halogens is 1. The number of rotatable bonds is 6. The molecule has 0 spiro atoms. The Kier molecular flexibility index (Phi) is 7.27. The Morgan fingerprint density at radius 1 is 1.45 bits per heavy atom. The summed E-state index contributed by atoms with van der Waals surface area (Å²) >= 11 is 0. The average molecular weight is 305 g/mol. The molecule has 1 saturated carbocycles. The maximum Gasteiger partial charge on any atom is 0.227 e. The number of amides is 1. The standard InChI is InChI=1S/C15H28N2O2.ClH/c1-12(13-5-3-4-6-13)17-14(18)15(8-10-19-2)7-9-16-11-15;/h12-13,16H,3-11H2,1-2H3,(H,17,18);1H. The molecule has 2 N–H and O–H groups in total. The molecule has 0 aromatic carbocycles. The van der Waals surface area contributed by atoms with Crippen molar-refractivity contribution in [3.8, 4) is 0 Å². The monoisotopic (exact) mass is 304 g/mol. The van der Waals surface area contributed by atoms with Gasteiger partial charge in [0.05, 0.1) is 5.41 Å². The average Bonchev–Trinajstić information content (AvgIpc) is 3.08. The number of carbonyl (C=O) groups excluding carboxylic acids is 1. The van der Waals surface area contributed by atoms with Gasteiger partial charge in [0.2, 0.25) is 5.91 Å². The lowest BCUT2D eigenvalue weighted by atomic mass is 9.82. The van der Waals surface area contributed by atoms with Crippen molar-refractivity contribution in [3.63, 3.8) is 0 Å². The molecule has 4 nitrogen and oxygen atoms in total. The maximum atomic E-state index is 12.6. The van der Waals surface area contributed by atoms with E-state index in [0.717, 1.165) is 25.9 Å². The molecule has 5 heteroatoms. The second-order valence-corrected chi connectivity index (χ2v) is 6.26. The number of hydrogen-bond donors (Lipinski definition) is 2. The van der Waals surface area contributed by atoms with E-state index in [1.165, 1.54) is 25.7 Å². The zero-order chi connectivity index (χ0) is 13.7. The van der Waals surface area contributed by atoms with Crippen LogP contribution in [-0.2, 0) is 9.53 Å². The van der Waals surface area contributed by atoms with Crippen LogP contribution in [-0.4, -0.2) is 38.8 Å². The van der Waals surface area contributed by atoms with Crippen LogP contribution in [0.1, 0.15) is 45.4 Å². The fraction of sp³-hybridized carbons (Fsp3) is 0.933. The quantitative estimate of drug-likeness (QED) is 0.790. The van der Waals surface area contributed by atoms with Crippen molar-refractivity contribution in [1.82, 2.24) is 10.6 Å². The lowest BCUT2D eigenvalue weighted by Gasteiger charge is -2.30. The topological polar surface area (TPSA) is 50.4 Å². The normalized spacial score (nSPS) is 28.1. The zero-order valence-electron chi connectivity index (χ0n) is 12.7. The molecule has 1 aliphatic carbocycles. The molecule has 2 rings (SSSR count). The molecule has 1 heterocycles. The Bertz CT molecular complexity index is 300. The van der Waals surface area contributed by atoms with E-state index in [1.807, 2.05) is 0 Å². The number of ether oxygens (including phenoxy) is 1. The predicted molar refractivity (Wildman–Crippen MR) is 83.2 cm³/mol. The number of hydrogen-bond acceptors (Lipinski definition) is 3. The molecule has 0 bridgehead atoms. The van der Waals surface area contributed by atoms with Crippen LogP contribution >= 0.6 is 12.4 Å². The summed E-state index contributed by atoms with van der Waals surface area (Å²) in [5.41, 5.74) is -0.247. The highest BCUT2D eigenvalue weighted by Gasteiger charge is 2.41. The summed E-state index contributed by atoms with van der Waals surface area (Å²) in [7, 11) is 1.70. The Morgan fingerprint density at radius 3 is 2.70 bits per heavy atom. The van der Waals surface area contributed by atoms with E-state index >= 15 is 0 Å². The van der Waals surface area contributed by atoms with Crippen LogP contribution in [0.5, 0.6) is 0 Å². The third kappa shape index (κ3) is 4.09. The smallest absolute Gasteiger partial charge is 0.227 e. The maximum absolute atomic E-state index is 12.6. The molecule has 0 aromatic heterocycles. The molecule has 0 radical (unpaired) electrons. The minimum absolute atomic E-state index is 0. The van der Waals surface area contributed by atoms with Crippen LogP contribution in [0.4, 0.5) is 0 Å². The Hall–Kier alpha value is -0.320. The van der Waals surface area contributed by atoms with Crippen molar-refractivity contribution in [3.05, 3.63) is 0 Å². The van der Waals surface area contributed by atoms with Gasteiger partial charge >= 0.3 is 0 Å². The molecule has 20 heavy (non-hydrogen) atoms. The van der Waals surface area contributed by atoms with Crippen LogP contribution < -0.4 is 10.6 Å². The second kappa shape index (κ2) is 8.20. The first kappa shape index (κ1) is 17.7. The molecule has 0 aromatic rings. The van der Waals surface area contributed by atoms with E-state index in [-0.39, 0.29) is 23.7 Å². The molecule has 2 fully saturated rings. The highest BCUT2D eigenvalue weighted by Crippen LogP contribution is 2.32. The van der Waals surface area contributed by atoms with Gasteiger partial charge in [-0.25, -0.2) is 0 Å². The van der Waals surface area contributed by atoms with Gasteiger partial charge in [0.25, 0.3) is 0 Å². The molecule has 1 aliphatic heterocycles. The van der Waals surface area contributed by atoms with Crippen LogP contribution in [0.3, 0.4) is 0 Å². The van der Waals surface area contributed by atoms with Crippen molar-refractivity contribution < 1.29 is 9.53 Å². The van der Waals surface area contributed by atoms with Gasteiger partial charge in [-0.3, -0.25) is 4.79 Å². The Balaban J connectivity index is 0.00000200. The molecule has 2 unspecified atom stereocenters. The SMILES string of the molecule is COCCC1(C(=O)NC(C)C2CCCC2)CCNC1.Cl. The zero-order valence-corrected chi connectivity index (χ0v) is 13.6. The van der Waals surface area contributed by atoms with Gasteiger partial charge in [0.1, 0.15) is 0 Å². The fourth-order valence-corrected chi connectivity index (χ4v) is 3.50. The Labute approximate surface area is 128 Å². The predicted octanol–water partition coefficient (Wildman–Crippen LogP) is 2.12. The van der Waals surface area contributed by atoms with E-state index < -0.39 is 0 Å². The van der Waals surface area contributed by atoms with E-state index in [2.05, 4.69) is 17.6 Å². The summed E-state index contributed by atoms with van der Waals surface area (Å²) in [6, 6.07) is 0.315.